The molecule has 1 aromatic carbocycles. The lowest BCUT2D eigenvalue weighted by molar-refractivity contribution is 0.484. The summed E-state index contributed by atoms with van der Waals surface area (Å²) in [5, 5.41) is 8.43. The third-order valence-electron chi connectivity index (χ3n) is 1.28. The molecule has 0 spiro atoms. The summed E-state index contributed by atoms with van der Waals surface area (Å²) in [5.74, 6) is 0. The number of hydrogen-bond donors (Lipinski definition) is 0. The van der Waals surface area contributed by atoms with E-state index in [2.05, 4.69) is 0 Å². The molecule has 2 heteroatoms. The fraction of sp³-hybridized carbons (Fsp3) is 0.125. The van der Waals surface area contributed by atoms with E-state index in [-0.39, 0.29) is 0 Å². The van der Waals surface area contributed by atoms with Gasteiger partial charge in [0.15, 0.2) is 0 Å². The SMILES string of the molecule is N#Cc1ccccc1CF. The minimum atomic E-state index is -0.566. The van der Waals surface area contributed by atoms with Crippen LogP contribution >= 0.6 is 0 Å². The van der Waals surface area contributed by atoms with E-state index in [1.54, 1.807) is 24.3 Å². The van der Waals surface area contributed by atoms with Crippen LogP contribution < -0.4 is 0 Å². The Morgan fingerprint density at radius 1 is 1.40 bits per heavy atom. The summed E-state index contributed by atoms with van der Waals surface area (Å²) < 4.78 is 12.0. The van der Waals surface area contributed by atoms with Crippen molar-refractivity contribution >= 4 is 0 Å². The van der Waals surface area contributed by atoms with E-state index >= 15 is 0 Å². The molecule has 0 aliphatic rings. The molecule has 0 aliphatic heterocycles. The first-order chi connectivity index (χ1) is 4.88. The predicted molar refractivity (Wildman–Crippen MR) is 36.0 cm³/mol. The molecular formula is C8H6FN. The number of halogens is 1. The summed E-state index contributed by atoms with van der Waals surface area (Å²) in [6.07, 6.45) is 0. The van der Waals surface area contributed by atoms with Crippen LogP contribution in [-0.4, -0.2) is 0 Å². The molecule has 0 saturated heterocycles. The van der Waals surface area contributed by atoms with Gasteiger partial charge in [0.1, 0.15) is 6.67 Å². The Labute approximate surface area is 58.7 Å². The molecule has 0 unspecified atom stereocenters. The summed E-state index contributed by atoms with van der Waals surface area (Å²) in [6.45, 7) is -0.566. The Bertz CT molecular complexity index is 262. The highest BCUT2D eigenvalue weighted by molar-refractivity contribution is 5.36. The number of nitriles is 1. The highest BCUT2D eigenvalue weighted by Gasteiger charge is 1.96. The molecule has 0 aliphatic carbocycles. The van der Waals surface area contributed by atoms with Crippen LogP contribution in [0.1, 0.15) is 11.1 Å². The molecular weight excluding hydrogens is 129 g/mol. The van der Waals surface area contributed by atoms with Crippen LogP contribution in [0.4, 0.5) is 4.39 Å². The molecule has 0 radical (unpaired) electrons. The molecule has 0 N–H and O–H groups in total. The molecule has 0 atom stereocenters. The lowest BCUT2D eigenvalue weighted by atomic mass is 10.1. The average molecular weight is 135 g/mol. The Kier molecular flexibility index (Phi) is 2.01. The van der Waals surface area contributed by atoms with E-state index in [9.17, 15) is 4.39 Å². The molecule has 0 saturated carbocycles. The molecule has 1 nitrogen and oxygen atoms in total. The molecule has 0 aromatic heterocycles. The Morgan fingerprint density at radius 2 is 2.10 bits per heavy atom. The molecule has 0 bridgehead atoms. The Balaban J connectivity index is 3.12. The predicted octanol–water partition coefficient (Wildman–Crippen LogP) is 2.03. The molecule has 50 valence electrons. The van der Waals surface area contributed by atoms with Crippen molar-refractivity contribution in [3.8, 4) is 6.07 Å². The second kappa shape index (κ2) is 2.98. The van der Waals surface area contributed by atoms with Gasteiger partial charge in [-0.1, -0.05) is 18.2 Å². The maximum atomic E-state index is 12.0. The van der Waals surface area contributed by atoms with Gasteiger partial charge in [-0.05, 0) is 6.07 Å². The number of hydrogen-bond acceptors (Lipinski definition) is 1. The van der Waals surface area contributed by atoms with Crippen molar-refractivity contribution in [3.63, 3.8) is 0 Å². The summed E-state index contributed by atoms with van der Waals surface area (Å²) in [7, 11) is 0. The van der Waals surface area contributed by atoms with Gasteiger partial charge < -0.3 is 0 Å². The Hall–Kier alpha value is -1.36. The van der Waals surface area contributed by atoms with Crippen molar-refractivity contribution in [3.05, 3.63) is 35.4 Å². The van der Waals surface area contributed by atoms with Crippen LogP contribution in [0, 0.1) is 11.3 Å². The lowest BCUT2D eigenvalue weighted by Gasteiger charge is -1.94. The zero-order valence-electron chi connectivity index (χ0n) is 5.34. The van der Waals surface area contributed by atoms with Crippen LogP contribution in [-0.2, 0) is 6.67 Å². The van der Waals surface area contributed by atoms with E-state index in [1.807, 2.05) is 6.07 Å². The van der Waals surface area contributed by atoms with E-state index in [1.165, 1.54) is 0 Å². The first-order valence-corrected chi connectivity index (χ1v) is 2.92. The lowest BCUT2D eigenvalue weighted by Crippen LogP contribution is -1.83. The second-order valence-corrected chi connectivity index (χ2v) is 1.90. The summed E-state index contributed by atoms with van der Waals surface area (Å²) in [5.41, 5.74) is 0.884. The normalized spacial score (nSPS) is 8.80. The highest BCUT2D eigenvalue weighted by atomic mass is 19.1. The van der Waals surface area contributed by atoms with E-state index in [0.29, 0.717) is 11.1 Å². The summed E-state index contributed by atoms with van der Waals surface area (Å²) in [6, 6.07) is 8.56. The minimum Gasteiger partial charge on any atom is -0.246 e. The first kappa shape index (κ1) is 6.76. The fourth-order valence-electron chi connectivity index (χ4n) is 0.746. The van der Waals surface area contributed by atoms with Gasteiger partial charge >= 0.3 is 0 Å². The van der Waals surface area contributed by atoms with E-state index in [4.69, 9.17) is 5.26 Å². The van der Waals surface area contributed by atoms with Gasteiger partial charge in [-0.2, -0.15) is 5.26 Å². The number of nitrogens with zero attached hydrogens (tertiary/aromatic N) is 1. The van der Waals surface area contributed by atoms with Gasteiger partial charge in [0.2, 0.25) is 0 Å². The van der Waals surface area contributed by atoms with Crippen molar-refractivity contribution in [2.75, 3.05) is 0 Å². The van der Waals surface area contributed by atoms with Crippen molar-refractivity contribution in [1.29, 1.82) is 5.26 Å². The molecule has 0 fully saturated rings. The van der Waals surface area contributed by atoms with Crippen LogP contribution in [0.5, 0.6) is 0 Å². The van der Waals surface area contributed by atoms with Gasteiger partial charge in [-0.15, -0.1) is 0 Å². The van der Waals surface area contributed by atoms with Crippen molar-refractivity contribution in [2.24, 2.45) is 0 Å². The topological polar surface area (TPSA) is 23.8 Å². The Morgan fingerprint density at radius 3 is 2.60 bits per heavy atom. The molecule has 0 amide bonds. The highest BCUT2D eigenvalue weighted by Crippen LogP contribution is 2.07. The van der Waals surface area contributed by atoms with Gasteiger partial charge in [-0.25, -0.2) is 4.39 Å². The molecule has 1 rings (SSSR count). The van der Waals surface area contributed by atoms with Crippen LogP contribution in [0.15, 0.2) is 24.3 Å². The fourth-order valence-corrected chi connectivity index (χ4v) is 0.746. The maximum Gasteiger partial charge on any atom is 0.116 e. The van der Waals surface area contributed by atoms with Crippen LogP contribution in [0.25, 0.3) is 0 Å². The van der Waals surface area contributed by atoms with Gasteiger partial charge in [0.05, 0.1) is 11.6 Å². The van der Waals surface area contributed by atoms with Crippen molar-refractivity contribution in [2.45, 2.75) is 6.67 Å². The first-order valence-electron chi connectivity index (χ1n) is 2.92. The summed E-state index contributed by atoms with van der Waals surface area (Å²) >= 11 is 0. The van der Waals surface area contributed by atoms with Crippen molar-refractivity contribution < 1.29 is 4.39 Å². The quantitative estimate of drug-likeness (QED) is 0.578. The standard InChI is InChI=1S/C8H6FN/c9-5-7-3-1-2-4-8(7)6-10/h1-4H,5H2. The van der Waals surface area contributed by atoms with E-state index in [0.717, 1.165) is 0 Å². The van der Waals surface area contributed by atoms with Gasteiger partial charge in [-0.3, -0.25) is 0 Å². The average Bonchev–Trinajstić information content (AvgIpc) is 2.04. The van der Waals surface area contributed by atoms with Gasteiger partial charge in [0.25, 0.3) is 0 Å². The third-order valence-corrected chi connectivity index (χ3v) is 1.28. The maximum absolute atomic E-state index is 12.0. The molecule has 10 heavy (non-hydrogen) atoms. The van der Waals surface area contributed by atoms with Crippen LogP contribution in [0.3, 0.4) is 0 Å². The number of benzene rings is 1. The minimum absolute atomic E-state index is 0.421. The largest absolute Gasteiger partial charge is 0.246 e. The zero-order chi connectivity index (χ0) is 7.40. The second-order valence-electron chi connectivity index (χ2n) is 1.90. The number of rotatable bonds is 1. The summed E-state index contributed by atoms with van der Waals surface area (Å²) in [4.78, 5) is 0. The smallest absolute Gasteiger partial charge is 0.116 e. The van der Waals surface area contributed by atoms with Crippen molar-refractivity contribution in [1.82, 2.24) is 0 Å². The molecule has 0 heterocycles. The van der Waals surface area contributed by atoms with Gasteiger partial charge in [0, 0.05) is 5.56 Å². The monoisotopic (exact) mass is 135 g/mol. The number of alkyl halides is 1. The molecule has 1 aromatic rings. The van der Waals surface area contributed by atoms with E-state index < -0.39 is 6.67 Å². The zero-order valence-corrected chi connectivity index (χ0v) is 5.34. The van der Waals surface area contributed by atoms with Crippen LogP contribution in [0.2, 0.25) is 0 Å². The third kappa shape index (κ3) is 1.14.